The summed E-state index contributed by atoms with van der Waals surface area (Å²) in [5.74, 6) is 0.679. The zero-order chi connectivity index (χ0) is 13.9. The van der Waals surface area contributed by atoms with E-state index in [1.807, 2.05) is 0 Å². The smallest absolute Gasteiger partial charge is 0.239 e. The molecule has 2 aliphatic carbocycles. The largest absolute Gasteiger partial charge is 0.352 e. The van der Waals surface area contributed by atoms with Gasteiger partial charge in [-0.3, -0.25) is 9.59 Å². The van der Waals surface area contributed by atoms with E-state index in [1.165, 1.54) is 25.7 Å². The molecule has 3 atom stereocenters. The first kappa shape index (κ1) is 13.9. The van der Waals surface area contributed by atoms with Gasteiger partial charge in [0.15, 0.2) is 0 Å². The highest BCUT2D eigenvalue weighted by atomic mass is 16.2. The van der Waals surface area contributed by atoms with Crippen LogP contribution < -0.4 is 16.0 Å². The first-order valence-electron chi connectivity index (χ1n) is 8.05. The molecule has 3 unspecified atom stereocenters. The van der Waals surface area contributed by atoms with E-state index in [2.05, 4.69) is 16.0 Å². The Morgan fingerprint density at radius 2 is 1.80 bits per heavy atom. The van der Waals surface area contributed by atoms with Gasteiger partial charge in [0.2, 0.25) is 11.8 Å². The molecule has 3 rings (SSSR count). The van der Waals surface area contributed by atoms with Crippen LogP contribution in [0.4, 0.5) is 0 Å². The van der Waals surface area contributed by atoms with E-state index in [1.54, 1.807) is 0 Å². The fourth-order valence-corrected chi connectivity index (χ4v) is 3.50. The van der Waals surface area contributed by atoms with Gasteiger partial charge in [0.05, 0.1) is 12.6 Å². The Morgan fingerprint density at radius 1 is 1.00 bits per heavy atom. The highest BCUT2D eigenvalue weighted by molar-refractivity contribution is 5.87. The number of nitrogens with one attached hydrogen (secondary N) is 3. The normalized spacial score (nSPS) is 33.1. The third-order valence-corrected chi connectivity index (χ3v) is 4.83. The van der Waals surface area contributed by atoms with Gasteiger partial charge in [-0.1, -0.05) is 12.8 Å². The molecule has 5 nitrogen and oxygen atoms in total. The fraction of sp³-hybridized carbons (Fsp3) is 0.867. The van der Waals surface area contributed by atoms with Gasteiger partial charge in [0.25, 0.3) is 0 Å². The summed E-state index contributed by atoms with van der Waals surface area (Å²) < 4.78 is 0. The van der Waals surface area contributed by atoms with Crippen molar-refractivity contribution in [2.75, 3.05) is 6.54 Å². The second kappa shape index (κ2) is 6.12. The van der Waals surface area contributed by atoms with Gasteiger partial charge in [0.1, 0.15) is 0 Å². The van der Waals surface area contributed by atoms with E-state index in [4.69, 9.17) is 0 Å². The molecule has 0 radical (unpaired) electrons. The first-order valence-corrected chi connectivity index (χ1v) is 8.05. The third kappa shape index (κ3) is 3.51. The number of amides is 2. The topological polar surface area (TPSA) is 70.2 Å². The highest BCUT2D eigenvalue weighted by Gasteiger charge is 2.34. The molecule has 3 fully saturated rings. The lowest BCUT2D eigenvalue weighted by Crippen LogP contribution is -2.55. The Kier molecular flexibility index (Phi) is 4.24. The summed E-state index contributed by atoms with van der Waals surface area (Å²) in [5, 5.41) is 9.14. The van der Waals surface area contributed by atoms with Crippen molar-refractivity contribution >= 4 is 11.8 Å². The minimum absolute atomic E-state index is 0.0139. The van der Waals surface area contributed by atoms with Gasteiger partial charge in [-0.2, -0.15) is 0 Å². The standard InChI is InChI=1S/C15H25N3O2/c19-14(17-11-6-7-11)9-16-15(20)13-8-5-10-3-1-2-4-12(10)18-13/h10-13,18H,1-9H2,(H,16,20)(H,17,19). The van der Waals surface area contributed by atoms with E-state index in [9.17, 15) is 9.59 Å². The van der Waals surface area contributed by atoms with E-state index >= 15 is 0 Å². The fourth-order valence-electron chi connectivity index (χ4n) is 3.50. The van der Waals surface area contributed by atoms with Crippen LogP contribution >= 0.6 is 0 Å². The molecule has 0 aromatic carbocycles. The maximum absolute atomic E-state index is 12.1. The quantitative estimate of drug-likeness (QED) is 0.709. The van der Waals surface area contributed by atoms with Crippen LogP contribution in [-0.2, 0) is 9.59 Å². The molecule has 0 aromatic rings. The molecule has 2 saturated carbocycles. The third-order valence-electron chi connectivity index (χ3n) is 4.83. The summed E-state index contributed by atoms with van der Waals surface area (Å²) in [6, 6.07) is 0.756. The van der Waals surface area contributed by atoms with Crippen LogP contribution in [0.1, 0.15) is 51.4 Å². The minimum atomic E-state index is -0.108. The SMILES string of the molecule is O=C(CNC(=O)C1CCC2CCCCC2N1)NC1CC1. The molecule has 0 spiro atoms. The van der Waals surface area contributed by atoms with E-state index in [-0.39, 0.29) is 24.4 Å². The van der Waals surface area contributed by atoms with E-state index < -0.39 is 0 Å². The average Bonchev–Trinajstić information content (AvgIpc) is 3.28. The Balaban J connectivity index is 1.41. The number of carbonyl (C=O) groups excluding carboxylic acids is 2. The van der Waals surface area contributed by atoms with Crippen molar-refractivity contribution in [1.29, 1.82) is 0 Å². The van der Waals surface area contributed by atoms with Crippen molar-refractivity contribution < 1.29 is 9.59 Å². The van der Waals surface area contributed by atoms with Crippen LogP contribution in [0.5, 0.6) is 0 Å². The molecule has 1 saturated heterocycles. The lowest BCUT2D eigenvalue weighted by molar-refractivity contribution is -0.128. The summed E-state index contributed by atoms with van der Waals surface area (Å²) in [4.78, 5) is 23.7. The maximum atomic E-state index is 12.1. The van der Waals surface area contributed by atoms with Crippen molar-refractivity contribution in [3.8, 4) is 0 Å². The van der Waals surface area contributed by atoms with Crippen LogP contribution in [0.2, 0.25) is 0 Å². The molecule has 0 aromatic heterocycles. The molecule has 3 aliphatic rings. The van der Waals surface area contributed by atoms with Crippen molar-refractivity contribution in [3.05, 3.63) is 0 Å². The monoisotopic (exact) mass is 279 g/mol. The van der Waals surface area contributed by atoms with E-state index in [0.717, 1.165) is 31.6 Å². The molecule has 112 valence electrons. The van der Waals surface area contributed by atoms with Gasteiger partial charge in [0, 0.05) is 12.1 Å². The predicted molar refractivity (Wildman–Crippen MR) is 76.1 cm³/mol. The summed E-state index contributed by atoms with van der Waals surface area (Å²) >= 11 is 0. The number of fused-ring (bicyclic) bond motifs is 1. The number of piperidine rings is 1. The second-order valence-electron chi connectivity index (χ2n) is 6.51. The number of hydrogen-bond donors (Lipinski definition) is 3. The Bertz CT molecular complexity index is 381. The van der Waals surface area contributed by atoms with Crippen molar-refractivity contribution in [2.24, 2.45) is 5.92 Å². The van der Waals surface area contributed by atoms with Crippen molar-refractivity contribution in [1.82, 2.24) is 16.0 Å². The second-order valence-corrected chi connectivity index (χ2v) is 6.51. The maximum Gasteiger partial charge on any atom is 0.239 e. The Hall–Kier alpha value is -1.10. The lowest BCUT2D eigenvalue weighted by atomic mass is 9.77. The molecule has 1 aliphatic heterocycles. The molecule has 0 bridgehead atoms. The molecule has 2 amide bonds. The van der Waals surface area contributed by atoms with Crippen LogP contribution in [0, 0.1) is 5.92 Å². The zero-order valence-electron chi connectivity index (χ0n) is 12.0. The van der Waals surface area contributed by atoms with Gasteiger partial charge in [-0.25, -0.2) is 0 Å². The van der Waals surface area contributed by atoms with Crippen LogP contribution in [0.15, 0.2) is 0 Å². The first-order chi connectivity index (χ1) is 9.72. The highest BCUT2D eigenvalue weighted by Crippen LogP contribution is 2.32. The number of carbonyl (C=O) groups is 2. The summed E-state index contributed by atoms with van der Waals surface area (Å²) in [6.45, 7) is 0.113. The van der Waals surface area contributed by atoms with Crippen molar-refractivity contribution in [2.45, 2.75) is 69.5 Å². The molecule has 20 heavy (non-hydrogen) atoms. The van der Waals surface area contributed by atoms with Crippen LogP contribution in [0.3, 0.4) is 0 Å². The summed E-state index contributed by atoms with van der Waals surface area (Å²) in [7, 11) is 0. The zero-order valence-corrected chi connectivity index (χ0v) is 12.0. The van der Waals surface area contributed by atoms with Crippen molar-refractivity contribution in [3.63, 3.8) is 0 Å². The van der Waals surface area contributed by atoms with Crippen LogP contribution in [-0.4, -0.2) is 36.5 Å². The lowest BCUT2D eigenvalue weighted by Gasteiger charge is -2.39. The predicted octanol–water partition coefficient (Wildman–Crippen LogP) is 0.692. The van der Waals surface area contributed by atoms with Gasteiger partial charge in [-0.05, 0) is 44.4 Å². The average molecular weight is 279 g/mol. The van der Waals surface area contributed by atoms with E-state index in [0.29, 0.717) is 12.1 Å². The minimum Gasteiger partial charge on any atom is -0.352 e. The van der Waals surface area contributed by atoms with Gasteiger partial charge < -0.3 is 16.0 Å². The molecule has 3 N–H and O–H groups in total. The molecular weight excluding hydrogens is 254 g/mol. The Labute approximate surface area is 120 Å². The molecular formula is C15H25N3O2. The number of hydrogen-bond acceptors (Lipinski definition) is 3. The van der Waals surface area contributed by atoms with Gasteiger partial charge >= 0.3 is 0 Å². The van der Waals surface area contributed by atoms with Crippen LogP contribution in [0.25, 0.3) is 0 Å². The summed E-state index contributed by atoms with van der Waals surface area (Å²) in [5.41, 5.74) is 0. The Morgan fingerprint density at radius 3 is 2.60 bits per heavy atom. The molecule has 1 heterocycles. The summed E-state index contributed by atoms with van der Waals surface area (Å²) in [6.07, 6.45) is 9.29. The number of rotatable bonds is 4. The molecule has 5 heteroatoms. The van der Waals surface area contributed by atoms with Gasteiger partial charge in [-0.15, -0.1) is 0 Å².